The normalized spacial score (nSPS) is 14.6. The fourth-order valence-electron chi connectivity index (χ4n) is 3.21. The highest BCUT2D eigenvalue weighted by molar-refractivity contribution is 6.30. The molecule has 0 heterocycles. The SMILES string of the molecule is OC1(c2ccc(Cl)cc2)c2ccccc2-c2ccccc21. The first-order valence-electron chi connectivity index (χ1n) is 6.89. The van der Waals surface area contributed by atoms with Crippen LogP contribution in [0.15, 0.2) is 72.8 Å². The highest BCUT2D eigenvalue weighted by Crippen LogP contribution is 2.50. The van der Waals surface area contributed by atoms with Gasteiger partial charge >= 0.3 is 0 Å². The Balaban J connectivity index is 2.06. The van der Waals surface area contributed by atoms with E-state index >= 15 is 0 Å². The Morgan fingerprint density at radius 3 is 1.67 bits per heavy atom. The van der Waals surface area contributed by atoms with Crippen LogP contribution in [0.5, 0.6) is 0 Å². The maximum atomic E-state index is 11.5. The van der Waals surface area contributed by atoms with E-state index in [0.717, 1.165) is 27.8 Å². The minimum atomic E-state index is -1.11. The van der Waals surface area contributed by atoms with Crippen LogP contribution in [0.2, 0.25) is 5.02 Å². The number of fused-ring (bicyclic) bond motifs is 3. The van der Waals surface area contributed by atoms with Crippen LogP contribution in [0.1, 0.15) is 16.7 Å². The summed E-state index contributed by atoms with van der Waals surface area (Å²) in [5, 5.41) is 12.2. The van der Waals surface area contributed by atoms with Gasteiger partial charge in [-0.05, 0) is 28.8 Å². The van der Waals surface area contributed by atoms with Crippen molar-refractivity contribution in [1.29, 1.82) is 0 Å². The fourth-order valence-corrected chi connectivity index (χ4v) is 3.34. The summed E-state index contributed by atoms with van der Waals surface area (Å²) in [5.41, 5.74) is 3.75. The first-order chi connectivity index (χ1) is 10.2. The van der Waals surface area contributed by atoms with Gasteiger partial charge in [-0.15, -0.1) is 0 Å². The van der Waals surface area contributed by atoms with Crippen LogP contribution in [0.3, 0.4) is 0 Å². The molecule has 21 heavy (non-hydrogen) atoms. The highest BCUT2D eigenvalue weighted by Gasteiger charge is 2.42. The Kier molecular flexibility index (Phi) is 2.68. The van der Waals surface area contributed by atoms with Crippen molar-refractivity contribution in [2.24, 2.45) is 0 Å². The van der Waals surface area contributed by atoms with Crippen LogP contribution >= 0.6 is 11.6 Å². The van der Waals surface area contributed by atoms with E-state index in [1.165, 1.54) is 0 Å². The van der Waals surface area contributed by atoms with Gasteiger partial charge in [-0.2, -0.15) is 0 Å². The highest BCUT2D eigenvalue weighted by atomic mass is 35.5. The molecule has 0 saturated heterocycles. The largest absolute Gasteiger partial charge is 0.376 e. The molecule has 0 radical (unpaired) electrons. The molecule has 2 heteroatoms. The average Bonchev–Trinajstić information content (AvgIpc) is 2.80. The average molecular weight is 293 g/mol. The van der Waals surface area contributed by atoms with Crippen molar-refractivity contribution in [2.75, 3.05) is 0 Å². The Hall–Kier alpha value is -2.09. The van der Waals surface area contributed by atoms with Crippen LogP contribution in [0.25, 0.3) is 11.1 Å². The van der Waals surface area contributed by atoms with Gasteiger partial charge in [0.15, 0.2) is 0 Å². The summed E-state index contributed by atoms with van der Waals surface area (Å²) in [5.74, 6) is 0. The lowest BCUT2D eigenvalue weighted by atomic mass is 9.84. The number of hydrogen-bond acceptors (Lipinski definition) is 1. The third kappa shape index (κ3) is 1.68. The van der Waals surface area contributed by atoms with Crippen LogP contribution in [0, 0.1) is 0 Å². The molecule has 3 aromatic carbocycles. The Bertz CT molecular complexity index is 775. The Morgan fingerprint density at radius 2 is 1.14 bits per heavy atom. The zero-order valence-electron chi connectivity index (χ0n) is 11.3. The maximum absolute atomic E-state index is 11.5. The predicted molar refractivity (Wildman–Crippen MR) is 85.4 cm³/mol. The molecule has 1 N–H and O–H groups in total. The molecular weight excluding hydrogens is 280 g/mol. The molecule has 102 valence electrons. The second kappa shape index (κ2) is 4.45. The smallest absolute Gasteiger partial charge is 0.141 e. The van der Waals surface area contributed by atoms with Crippen molar-refractivity contribution in [1.82, 2.24) is 0 Å². The molecular formula is C19H13ClO. The van der Waals surface area contributed by atoms with Gasteiger partial charge in [0.2, 0.25) is 0 Å². The Labute approximate surface area is 128 Å². The monoisotopic (exact) mass is 292 g/mol. The second-order valence-electron chi connectivity index (χ2n) is 5.31. The molecule has 0 bridgehead atoms. The van der Waals surface area contributed by atoms with Crippen molar-refractivity contribution in [3.63, 3.8) is 0 Å². The van der Waals surface area contributed by atoms with Crippen molar-refractivity contribution < 1.29 is 5.11 Å². The van der Waals surface area contributed by atoms with Gasteiger partial charge in [-0.25, -0.2) is 0 Å². The summed E-state index contributed by atoms with van der Waals surface area (Å²) < 4.78 is 0. The number of rotatable bonds is 1. The van der Waals surface area contributed by atoms with Gasteiger partial charge in [0.25, 0.3) is 0 Å². The lowest BCUT2D eigenvalue weighted by Crippen LogP contribution is -2.25. The van der Waals surface area contributed by atoms with Crippen molar-refractivity contribution in [3.05, 3.63) is 94.5 Å². The van der Waals surface area contributed by atoms with Crippen molar-refractivity contribution >= 4 is 11.6 Å². The van der Waals surface area contributed by atoms with Crippen LogP contribution in [-0.2, 0) is 5.60 Å². The van der Waals surface area contributed by atoms with Gasteiger partial charge < -0.3 is 5.11 Å². The number of halogens is 1. The standard InChI is InChI=1S/C19H13ClO/c20-14-11-9-13(10-12-14)19(21)17-7-3-1-5-15(17)16-6-2-4-8-18(16)19/h1-12,21H. The summed E-state index contributed by atoms with van der Waals surface area (Å²) in [6.45, 7) is 0. The summed E-state index contributed by atoms with van der Waals surface area (Å²) in [7, 11) is 0. The van der Waals surface area contributed by atoms with E-state index in [4.69, 9.17) is 11.6 Å². The number of aliphatic hydroxyl groups is 1. The molecule has 0 atom stereocenters. The molecule has 0 aromatic heterocycles. The molecule has 0 spiro atoms. The van der Waals surface area contributed by atoms with Crippen LogP contribution in [0.4, 0.5) is 0 Å². The molecule has 0 saturated carbocycles. The van der Waals surface area contributed by atoms with Gasteiger partial charge in [0.05, 0.1) is 0 Å². The fraction of sp³-hybridized carbons (Fsp3) is 0.0526. The summed E-state index contributed by atoms with van der Waals surface area (Å²) in [6, 6.07) is 23.4. The van der Waals surface area contributed by atoms with Gasteiger partial charge in [-0.3, -0.25) is 0 Å². The molecule has 1 aliphatic carbocycles. The third-order valence-electron chi connectivity index (χ3n) is 4.19. The molecule has 1 aliphatic rings. The van der Waals surface area contributed by atoms with Gasteiger partial charge in [-0.1, -0.05) is 72.3 Å². The minimum Gasteiger partial charge on any atom is -0.376 e. The zero-order chi connectivity index (χ0) is 14.4. The van der Waals surface area contributed by atoms with E-state index in [0.29, 0.717) is 5.02 Å². The number of hydrogen-bond donors (Lipinski definition) is 1. The quantitative estimate of drug-likeness (QED) is 0.695. The van der Waals surface area contributed by atoms with Crippen molar-refractivity contribution in [2.45, 2.75) is 5.60 Å². The summed E-state index contributed by atoms with van der Waals surface area (Å²) in [4.78, 5) is 0. The first-order valence-corrected chi connectivity index (χ1v) is 7.27. The minimum absolute atomic E-state index is 0.668. The van der Waals surface area contributed by atoms with Gasteiger partial charge in [0.1, 0.15) is 5.60 Å². The van der Waals surface area contributed by atoms with E-state index in [9.17, 15) is 5.11 Å². The van der Waals surface area contributed by atoms with E-state index in [1.807, 2.05) is 60.7 Å². The first kappa shape index (κ1) is 12.6. The molecule has 0 unspecified atom stereocenters. The summed E-state index contributed by atoms with van der Waals surface area (Å²) in [6.07, 6.45) is 0. The predicted octanol–water partition coefficient (Wildman–Crippen LogP) is 4.60. The topological polar surface area (TPSA) is 20.2 Å². The lowest BCUT2D eigenvalue weighted by Gasteiger charge is -2.26. The second-order valence-corrected chi connectivity index (χ2v) is 5.74. The van der Waals surface area contributed by atoms with E-state index in [2.05, 4.69) is 12.1 Å². The zero-order valence-corrected chi connectivity index (χ0v) is 12.0. The summed E-state index contributed by atoms with van der Waals surface area (Å²) >= 11 is 5.98. The molecule has 4 rings (SSSR count). The molecule has 3 aromatic rings. The van der Waals surface area contributed by atoms with E-state index in [-0.39, 0.29) is 0 Å². The van der Waals surface area contributed by atoms with E-state index in [1.54, 1.807) is 0 Å². The number of benzene rings is 3. The molecule has 0 amide bonds. The van der Waals surface area contributed by atoms with Crippen molar-refractivity contribution in [3.8, 4) is 11.1 Å². The lowest BCUT2D eigenvalue weighted by molar-refractivity contribution is 0.131. The molecule has 1 nitrogen and oxygen atoms in total. The Morgan fingerprint density at radius 1 is 0.667 bits per heavy atom. The van der Waals surface area contributed by atoms with Crippen LogP contribution < -0.4 is 0 Å². The molecule has 0 aliphatic heterocycles. The maximum Gasteiger partial charge on any atom is 0.141 e. The van der Waals surface area contributed by atoms with E-state index < -0.39 is 5.60 Å². The van der Waals surface area contributed by atoms with Crippen LogP contribution in [-0.4, -0.2) is 5.11 Å². The third-order valence-corrected chi connectivity index (χ3v) is 4.44. The molecule has 0 fully saturated rings. The van der Waals surface area contributed by atoms with Gasteiger partial charge in [0, 0.05) is 16.1 Å².